The minimum Gasteiger partial charge on any atom is -0.505 e. The quantitative estimate of drug-likeness (QED) is 0.524. The molecule has 31 heavy (non-hydrogen) atoms. The topological polar surface area (TPSA) is 137 Å². The van der Waals surface area contributed by atoms with Crippen LogP contribution in [-0.4, -0.2) is 50.1 Å². The number of benzene rings is 1. The Morgan fingerprint density at radius 3 is 2.48 bits per heavy atom. The fraction of sp³-hybridized carbons (Fsp3) is 0.316. The molecular weight excluding hydrogens is 490 g/mol. The van der Waals surface area contributed by atoms with Crippen molar-refractivity contribution < 1.29 is 22.7 Å². The number of nitrogens with one attached hydrogen (secondary N) is 2. The van der Waals surface area contributed by atoms with Crippen molar-refractivity contribution in [3.8, 4) is 5.75 Å². The molecule has 1 aromatic heterocycles. The SMILES string of the molecule is CC[C@@H](NC1=NS(=O)(=O)N=C1Nc1ccc(Br)c(C(=O)N(C)C)c1O)c1ccc(C)o1. The minimum atomic E-state index is -4.10. The van der Waals surface area contributed by atoms with E-state index in [1.807, 2.05) is 19.9 Å². The second kappa shape index (κ2) is 8.71. The van der Waals surface area contributed by atoms with Crippen molar-refractivity contribution in [3.05, 3.63) is 45.8 Å². The lowest BCUT2D eigenvalue weighted by Crippen LogP contribution is -2.36. The van der Waals surface area contributed by atoms with E-state index < -0.39 is 16.1 Å². The normalized spacial score (nSPS) is 15.8. The maximum atomic E-state index is 12.4. The molecule has 0 saturated heterocycles. The molecule has 3 N–H and O–H groups in total. The first kappa shape index (κ1) is 22.8. The van der Waals surface area contributed by atoms with Gasteiger partial charge in [0.1, 0.15) is 11.5 Å². The van der Waals surface area contributed by atoms with Crippen LogP contribution in [0.1, 0.15) is 41.3 Å². The molecule has 2 heterocycles. The van der Waals surface area contributed by atoms with Crippen LogP contribution in [0.5, 0.6) is 5.75 Å². The molecule has 0 saturated carbocycles. The van der Waals surface area contributed by atoms with Crippen molar-refractivity contribution in [2.45, 2.75) is 26.3 Å². The second-order valence-electron chi connectivity index (χ2n) is 7.02. The van der Waals surface area contributed by atoms with E-state index in [4.69, 9.17) is 4.42 Å². The highest BCUT2D eigenvalue weighted by Crippen LogP contribution is 2.34. The van der Waals surface area contributed by atoms with Crippen molar-refractivity contribution >= 4 is 49.4 Å². The molecule has 0 bridgehead atoms. The van der Waals surface area contributed by atoms with E-state index in [9.17, 15) is 18.3 Å². The van der Waals surface area contributed by atoms with Crippen LogP contribution in [0, 0.1) is 6.92 Å². The molecule has 1 amide bonds. The Bertz CT molecular complexity index is 1190. The Morgan fingerprint density at radius 2 is 1.90 bits per heavy atom. The van der Waals surface area contributed by atoms with Gasteiger partial charge < -0.3 is 25.1 Å². The number of hydrogen-bond donors (Lipinski definition) is 3. The van der Waals surface area contributed by atoms with Crippen LogP contribution in [0.25, 0.3) is 0 Å². The molecule has 10 nitrogen and oxygen atoms in total. The van der Waals surface area contributed by atoms with Gasteiger partial charge in [0.2, 0.25) is 0 Å². The Kier molecular flexibility index (Phi) is 6.41. The number of phenolic OH excluding ortho intramolecular Hbond substituents is 1. The fourth-order valence-corrected chi connectivity index (χ4v) is 4.18. The highest BCUT2D eigenvalue weighted by molar-refractivity contribution is 9.10. The monoisotopic (exact) mass is 511 g/mol. The fourth-order valence-electron chi connectivity index (χ4n) is 2.92. The number of furan rings is 1. The molecule has 1 atom stereocenters. The lowest BCUT2D eigenvalue weighted by molar-refractivity contribution is 0.0824. The average molecular weight is 512 g/mol. The van der Waals surface area contributed by atoms with Crippen molar-refractivity contribution in [1.82, 2.24) is 10.2 Å². The standard InChI is InChI=1S/C19H22BrN5O5S/c1-5-12(14-9-6-10(2)30-14)21-17-18(24-31(28,29)23-17)22-13-8-7-11(20)15(16(13)26)19(27)25(3)4/h6-9,12,26H,5H2,1-4H3,(H,21,23)(H,22,24)/t12-/m1/s1. The molecular formula is C19H22BrN5O5S. The molecule has 0 radical (unpaired) electrons. The zero-order valence-electron chi connectivity index (χ0n) is 17.3. The number of hydrogen-bond acceptors (Lipinski definition) is 7. The molecule has 3 rings (SSSR count). The summed E-state index contributed by atoms with van der Waals surface area (Å²) in [5.74, 6) is 0.428. The van der Waals surface area contributed by atoms with Crippen LogP contribution in [0.2, 0.25) is 0 Å². The number of nitrogens with zero attached hydrogens (tertiary/aromatic N) is 3. The summed E-state index contributed by atoms with van der Waals surface area (Å²) in [6.45, 7) is 3.72. The first-order valence-corrected chi connectivity index (χ1v) is 11.5. The van der Waals surface area contributed by atoms with Crippen molar-refractivity contribution in [3.63, 3.8) is 0 Å². The first-order chi connectivity index (χ1) is 14.5. The number of carbonyl (C=O) groups excluding carboxylic acids is 1. The third kappa shape index (κ3) is 4.90. The molecule has 2 aromatic rings. The van der Waals surface area contributed by atoms with E-state index in [0.717, 1.165) is 5.76 Å². The predicted molar refractivity (Wildman–Crippen MR) is 121 cm³/mol. The van der Waals surface area contributed by atoms with E-state index in [1.54, 1.807) is 26.2 Å². The van der Waals surface area contributed by atoms with Crippen LogP contribution >= 0.6 is 15.9 Å². The molecule has 0 spiro atoms. The van der Waals surface area contributed by atoms with Crippen LogP contribution in [0.3, 0.4) is 0 Å². The van der Waals surface area contributed by atoms with Crippen LogP contribution < -0.4 is 10.6 Å². The predicted octanol–water partition coefficient (Wildman–Crippen LogP) is 2.97. The first-order valence-electron chi connectivity index (χ1n) is 9.30. The number of phenols is 1. The Morgan fingerprint density at radius 1 is 1.23 bits per heavy atom. The lowest BCUT2D eigenvalue weighted by atomic mass is 10.1. The largest absolute Gasteiger partial charge is 0.505 e. The lowest BCUT2D eigenvalue weighted by Gasteiger charge is -2.18. The molecule has 1 aliphatic heterocycles. The van der Waals surface area contributed by atoms with Crippen LogP contribution in [-0.2, 0) is 10.2 Å². The molecule has 166 valence electrons. The van der Waals surface area contributed by atoms with Gasteiger partial charge >= 0.3 is 10.2 Å². The van der Waals surface area contributed by atoms with Gasteiger partial charge in [-0.1, -0.05) is 6.92 Å². The summed E-state index contributed by atoms with van der Waals surface area (Å²) in [5, 5.41) is 16.4. The number of rotatable bonds is 5. The summed E-state index contributed by atoms with van der Waals surface area (Å²) < 4.78 is 37.4. The number of amides is 1. The molecule has 0 fully saturated rings. The number of aromatic hydroxyl groups is 1. The number of halogens is 1. The minimum absolute atomic E-state index is 0.0243. The van der Waals surface area contributed by atoms with Gasteiger partial charge in [0.15, 0.2) is 17.4 Å². The van der Waals surface area contributed by atoms with Gasteiger partial charge in [-0.25, -0.2) is 0 Å². The summed E-state index contributed by atoms with van der Waals surface area (Å²) in [5.41, 5.74) is 0.126. The van der Waals surface area contributed by atoms with E-state index >= 15 is 0 Å². The Balaban J connectivity index is 1.93. The van der Waals surface area contributed by atoms with E-state index in [0.29, 0.717) is 16.7 Å². The van der Waals surface area contributed by atoms with Crippen molar-refractivity contribution in [2.75, 3.05) is 19.4 Å². The van der Waals surface area contributed by atoms with Crippen molar-refractivity contribution in [1.29, 1.82) is 0 Å². The molecule has 12 heteroatoms. The number of amidine groups is 2. The average Bonchev–Trinajstić information content (AvgIpc) is 3.24. The zero-order chi connectivity index (χ0) is 22.9. The molecule has 0 aliphatic carbocycles. The van der Waals surface area contributed by atoms with E-state index in [1.165, 1.54) is 11.0 Å². The van der Waals surface area contributed by atoms with Crippen molar-refractivity contribution in [2.24, 2.45) is 8.80 Å². The number of carbonyl (C=O) groups is 1. The van der Waals surface area contributed by atoms with Gasteiger partial charge in [-0.3, -0.25) is 4.79 Å². The molecule has 1 aliphatic rings. The number of aryl methyl sites for hydroxylation is 1. The highest BCUT2D eigenvalue weighted by atomic mass is 79.9. The Labute approximate surface area is 188 Å². The zero-order valence-corrected chi connectivity index (χ0v) is 19.7. The van der Waals surface area contributed by atoms with Crippen LogP contribution in [0.4, 0.5) is 5.69 Å². The summed E-state index contributed by atoms with van der Waals surface area (Å²) in [6.07, 6.45) is 0.588. The summed E-state index contributed by atoms with van der Waals surface area (Å²) >= 11 is 3.25. The van der Waals surface area contributed by atoms with Gasteiger partial charge in [-0.15, -0.1) is 8.80 Å². The second-order valence-corrected chi connectivity index (χ2v) is 9.14. The highest BCUT2D eigenvalue weighted by Gasteiger charge is 2.29. The maximum absolute atomic E-state index is 12.4. The van der Waals surface area contributed by atoms with E-state index in [2.05, 4.69) is 35.4 Å². The van der Waals surface area contributed by atoms with Gasteiger partial charge in [-0.2, -0.15) is 8.42 Å². The number of anilines is 1. The van der Waals surface area contributed by atoms with Gasteiger partial charge in [0.25, 0.3) is 5.91 Å². The van der Waals surface area contributed by atoms with Crippen LogP contribution in [0.15, 0.2) is 42.0 Å². The summed E-state index contributed by atoms with van der Waals surface area (Å²) in [6, 6.07) is 6.31. The molecule has 1 aromatic carbocycles. The third-order valence-corrected chi connectivity index (χ3v) is 5.95. The summed E-state index contributed by atoms with van der Waals surface area (Å²) in [7, 11) is -0.995. The van der Waals surface area contributed by atoms with E-state index in [-0.39, 0.29) is 34.7 Å². The van der Waals surface area contributed by atoms with Gasteiger partial charge in [0.05, 0.1) is 17.3 Å². The molecule has 0 unspecified atom stereocenters. The van der Waals surface area contributed by atoms with Gasteiger partial charge in [0, 0.05) is 18.6 Å². The van der Waals surface area contributed by atoms with Gasteiger partial charge in [-0.05, 0) is 53.5 Å². The Hall–Kier alpha value is -2.86. The summed E-state index contributed by atoms with van der Waals surface area (Å²) in [4.78, 5) is 13.7. The maximum Gasteiger partial charge on any atom is 0.367 e. The third-order valence-electron chi connectivity index (χ3n) is 4.46. The smallest absolute Gasteiger partial charge is 0.367 e.